The summed E-state index contributed by atoms with van der Waals surface area (Å²) in [5, 5.41) is 9.58. The number of carbonyl (C=O) groups excluding carboxylic acids is 2. The van der Waals surface area contributed by atoms with Gasteiger partial charge in [0.05, 0.1) is 29.0 Å². The van der Waals surface area contributed by atoms with Crippen LogP contribution in [0.25, 0.3) is 10.9 Å². The normalized spacial score (nSPS) is 11.3. The zero-order valence-corrected chi connectivity index (χ0v) is 21.5. The quantitative estimate of drug-likeness (QED) is 0.252. The number of rotatable bonds is 10. The van der Waals surface area contributed by atoms with E-state index in [1.54, 1.807) is 37.4 Å². The maximum Gasteiger partial charge on any atom is 0.246 e. The van der Waals surface area contributed by atoms with Gasteiger partial charge in [0.2, 0.25) is 11.8 Å². The van der Waals surface area contributed by atoms with Gasteiger partial charge in [-0.15, -0.1) is 0 Å². The second-order valence-corrected chi connectivity index (χ2v) is 8.50. The van der Waals surface area contributed by atoms with Gasteiger partial charge in [-0.3, -0.25) is 14.6 Å². The number of anilines is 3. The fourth-order valence-corrected chi connectivity index (χ4v) is 3.73. The number of hydrogen-bond donors (Lipinski definition) is 3. The van der Waals surface area contributed by atoms with Crippen molar-refractivity contribution in [2.24, 2.45) is 0 Å². The molecule has 10 nitrogen and oxygen atoms in total. The van der Waals surface area contributed by atoms with Crippen LogP contribution in [0.1, 0.15) is 12.6 Å². The molecule has 194 valence electrons. The molecule has 0 aliphatic carbocycles. The highest BCUT2D eigenvalue weighted by molar-refractivity contribution is 6.32. The molecule has 38 heavy (non-hydrogen) atoms. The lowest BCUT2D eigenvalue weighted by molar-refractivity contribution is -0.123. The standard InChI is InChI=1S/C27H25ClN6O4/c1-4-25(35)32-16(2)27(36)34-22-12-19-21(13-24(22)37-3)30-15-31-26(19)33-17-8-9-23(20(28)11-17)38-14-18-7-5-6-10-29-18/h4-13,15-16H,1,14H2,2-3H3,(H,32,35)(H,34,36)(H,30,31,33). The lowest BCUT2D eigenvalue weighted by Crippen LogP contribution is -2.40. The van der Waals surface area contributed by atoms with E-state index in [2.05, 4.69) is 37.5 Å². The fraction of sp³-hybridized carbons (Fsp3) is 0.148. The number of pyridine rings is 1. The fourth-order valence-electron chi connectivity index (χ4n) is 3.50. The number of fused-ring (bicyclic) bond motifs is 1. The van der Waals surface area contributed by atoms with E-state index in [1.165, 1.54) is 13.4 Å². The molecule has 4 rings (SSSR count). The molecule has 0 aliphatic rings. The molecule has 2 aromatic carbocycles. The highest BCUT2D eigenvalue weighted by atomic mass is 35.5. The van der Waals surface area contributed by atoms with Crippen LogP contribution in [0.2, 0.25) is 5.02 Å². The van der Waals surface area contributed by atoms with Gasteiger partial charge in [-0.25, -0.2) is 9.97 Å². The van der Waals surface area contributed by atoms with Gasteiger partial charge in [0.25, 0.3) is 0 Å². The Hall–Kier alpha value is -4.70. The molecule has 1 atom stereocenters. The van der Waals surface area contributed by atoms with Crippen molar-refractivity contribution in [1.82, 2.24) is 20.3 Å². The molecule has 2 heterocycles. The van der Waals surface area contributed by atoms with Crippen molar-refractivity contribution in [3.05, 3.63) is 84.4 Å². The summed E-state index contributed by atoms with van der Waals surface area (Å²) in [6.45, 7) is 5.24. The topological polar surface area (TPSA) is 127 Å². The maximum absolute atomic E-state index is 12.7. The molecule has 0 bridgehead atoms. The Balaban J connectivity index is 1.56. The van der Waals surface area contributed by atoms with E-state index >= 15 is 0 Å². The Morgan fingerprint density at radius 3 is 2.66 bits per heavy atom. The predicted octanol–water partition coefficient (Wildman–Crippen LogP) is 4.64. The molecule has 1 unspecified atom stereocenters. The summed E-state index contributed by atoms with van der Waals surface area (Å²) in [7, 11) is 1.49. The lowest BCUT2D eigenvalue weighted by Gasteiger charge is -2.16. The van der Waals surface area contributed by atoms with E-state index in [-0.39, 0.29) is 6.61 Å². The van der Waals surface area contributed by atoms with Crippen molar-refractivity contribution in [3.63, 3.8) is 0 Å². The van der Waals surface area contributed by atoms with Crippen LogP contribution in [-0.4, -0.2) is 39.9 Å². The number of methoxy groups -OCH3 is 1. The first kappa shape index (κ1) is 26.4. The Bertz CT molecular complexity index is 1480. The largest absolute Gasteiger partial charge is 0.494 e. The first-order chi connectivity index (χ1) is 18.4. The third kappa shape index (κ3) is 6.34. The van der Waals surface area contributed by atoms with Gasteiger partial charge in [-0.2, -0.15) is 0 Å². The lowest BCUT2D eigenvalue weighted by atomic mass is 10.1. The molecule has 2 aromatic heterocycles. The average molecular weight is 533 g/mol. The first-order valence-corrected chi connectivity index (χ1v) is 11.9. The summed E-state index contributed by atoms with van der Waals surface area (Å²) in [4.78, 5) is 37.1. The Kier molecular flexibility index (Phi) is 8.34. The number of hydrogen-bond acceptors (Lipinski definition) is 8. The van der Waals surface area contributed by atoms with E-state index < -0.39 is 17.9 Å². The van der Waals surface area contributed by atoms with Crippen molar-refractivity contribution >= 4 is 51.5 Å². The Morgan fingerprint density at radius 1 is 1.11 bits per heavy atom. The predicted molar refractivity (Wildman–Crippen MR) is 146 cm³/mol. The first-order valence-electron chi connectivity index (χ1n) is 11.5. The van der Waals surface area contributed by atoms with Gasteiger partial charge < -0.3 is 25.4 Å². The molecule has 0 radical (unpaired) electrons. The number of carbonyl (C=O) groups is 2. The molecule has 4 aromatic rings. The molecule has 3 N–H and O–H groups in total. The minimum atomic E-state index is -0.800. The zero-order valence-electron chi connectivity index (χ0n) is 20.7. The van der Waals surface area contributed by atoms with Crippen LogP contribution in [0.4, 0.5) is 17.2 Å². The molecule has 11 heteroatoms. The van der Waals surface area contributed by atoms with Crippen LogP contribution >= 0.6 is 11.6 Å². The number of benzene rings is 2. The average Bonchev–Trinajstić information content (AvgIpc) is 2.93. The molecular weight excluding hydrogens is 508 g/mol. The zero-order chi connectivity index (χ0) is 27.1. The second kappa shape index (κ2) is 12.0. The van der Waals surface area contributed by atoms with Crippen molar-refractivity contribution in [3.8, 4) is 11.5 Å². The van der Waals surface area contributed by atoms with Crippen LogP contribution < -0.4 is 25.4 Å². The van der Waals surface area contributed by atoms with Crippen molar-refractivity contribution in [2.75, 3.05) is 17.7 Å². The molecule has 0 aliphatic heterocycles. The van der Waals surface area contributed by atoms with Crippen LogP contribution in [-0.2, 0) is 16.2 Å². The Labute approximate surface area is 224 Å². The van der Waals surface area contributed by atoms with Gasteiger partial charge in [0, 0.05) is 23.3 Å². The minimum Gasteiger partial charge on any atom is -0.494 e. The number of ether oxygens (including phenoxy) is 2. The minimum absolute atomic E-state index is 0.288. The summed E-state index contributed by atoms with van der Waals surface area (Å²) in [5.74, 6) is 0.513. The van der Waals surface area contributed by atoms with E-state index in [0.717, 1.165) is 11.8 Å². The second-order valence-electron chi connectivity index (χ2n) is 8.10. The maximum atomic E-state index is 12.7. The summed E-state index contributed by atoms with van der Waals surface area (Å²) >= 11 is 6.46. The third-order valence-corrected chi connectivity index (χ3v) is 5.74. The van der Waals surface area contributed by atoms with Crippen molar-refractivity contribution < 1.29 is 19.1 Å². The number of aromatic nitrogens is 3. The highest BCUT2D eigenvalue weighted by Gasteiger charge is 2.18. The molecule has 0 spiro atoms. The number of amides is 2. The summed E-state index contributed by atoms with van der Waals surface area (Å²) in [6, 6.07) is 13.5. The molecule has 0 fully saturated rings. The van der Waals surface area contributed by atoms with Crippen LogP contribution in [0, 0.1) is 0 Å². The Morgan fingerprint density at radius 2 is 1.95 bits per heavy atom. The van der Waals surface area contributed by atoms with Gasteiger partial charge in [-0.05, 0) is 49.4 Å². The smallest absolute Gasteiger partial charge is 0.246 e. The summed E-state index contributed by atoms with van der Waals surface area (Å²) in [6.07, 6.45) is 4.22. The molecule has 2 amide bonds. The van der Waals surface area contributed by atoms with E-state index in [0.29, 0.717) is 44.6 Å². The van der Waals surface area contributed by atoms with Gasteiger partial charge in [0.1, 0.15) is 36.3 Å². The third-order valence-electron chi connectivity index (χ3n) is 5.45. The number of halogens is 1. The summed E-state index contributed by atoms with van der Waals surface area (Å²) in [5.41, 5.74) is 2.43. The van der Waals surface area contributed by atoms with E-state index in [1.807, 2.05) is 24.3 Å². The number of nitrogens with zero attached hydrogens (tertiary/aromatic N) is 3. The van der Waals surface area contributed by atoms with E-state index in [9.17, 15) is 9.59 Å². The van der Waals surface area contributed by atoms with Crippen LogP contribution in [0.5, 0.6) is 11.5 Å². The monoisotopic (exact) mass is 532 g/mol. The van der Waals surface area contributed by atoms with Crippen LogP contribution in [0.15, 0.2) is 73.7 Å². The van der Waals surface area contributed by atoms with E-state index in [4.69, 9.17) is 21.1 Å². The van der Waals surface area contributed by atoms with Gasteiger partial charge >= 0.3 is 0 Å². The molecule has 0 saturated carbocycles. The van der Waals surface area contributed by atoms with Gasteiger partial charge in [0.15, 0.2) is 0 Å². The highest BCUT2D eigenvalue weighted by Crippen LogP contribution is 2.34. The van der Waals surface area contributed by atoms with Gasteiger partial charge in [-0.1, -0.05) is 24.2 Å². The summed E-state index contributed by atoms with van der Waals surface area (Å²) < 4.78 is 11.2. The molecule has 0 saturated heterocycles. The molecular formula is C27H25ClN6O4. The van der Waals surface area contributed by atoms with Crippen LogP contribution in [0.3, 0.4) is 0 Å². The van der Waals surface area contributed by atoms with Crippen molar-refractivity contribution in [1.29, 1.82) is 0 Å². The van der Waals surface area contributed by atoms with Crippen molar-refractivity contribution in [2.45, 2.75) is 19.6 Å². The SMILES string of the molecule is C=CC(=O)NC(C)C(=O)Nc1cc2c(Nc3ccc(OCc4ccccn4)c(Cl)c3)ncnc2cc1OC. The number of nitrogens with one attached hydrogen (secondary N) is 3.